The lowest BCUT2D eigenvalue weighted by Gasteiger charge is -2.06. The number of nitrogens with zero attached hydrogens (tertiary/aromatic N) is 5. The summed E-state index contributed by atoms with van der Waals surface area (Å²) < 4.78 is 2.98. The highest BCUT2D eigenvalue weighted by molar-refractivity contribution is 14.1. The van der Waals surface area contributed by atoms with E-state index in [4.69, 9.17) is 0 Å². The van der Waals surface area contributed by atoms with Gasteiger partial charge in [-0.1, -0.05) is 0 Å². The monoisotopic (exact) mass is 330 g/mol. The highest BCUT2D eigenvalue weighted by Gasteiger charge is 2.04. The smallest absolute Gasteiger partial charge is 0.152 e. The lowest BCUT2D eigenvalue weighted by atomic mass is 10.5. The van der Waals surface area contributed by atoms with Crippen LogP contribution in [0.3, 0.4) is 0 Å². The van der Waals surface area contributed by atoms with Gasteiger partial charge in [-0.05, 0) is 29.5 Å². The number of nitrogens with one attached hydrogen (secondary N) is 1. The molecule has 0 saturated carbocycles. The van der Waals surface area contributed by atoms with Gasteiger partial charge in [0.2, 0.25) is 0 Å². The molecule has 6 nitrogen and oxygen atoms in total. The number of hydrogen-bond acceptors (Lipinski definition) is 5. The van der Waals surface area contributed by atoms with Crippen molar-refractivity contribution in [1.82, 2.24) is 24.7 Å². The topological polar surface area (TPSA) is 68.5 Å². The maximum absolute atomic E-state index is 4.15. The van der Waals surface area contributed by atoms with Crippen molar-refractivity contribution in [3.63, 3.8) is 0 Å². The van der Waals surface area contributed by atoms with Gasteiger partial charge < -0.3 is 9.88 Å². The highest BCUT2D eigenvalue weighted by Crippen LogP contribution is 2.13. The van der Waals surface area contributed by atoms with E-state index in [-0.39, 0.29) is 0 Å². The molecule has 0 aliphatic carbocycles. The molecule has 2 aromatic heterocycles. The van der Waals surface area contributed by atoms with Crippen molar-refractivity contribution in [3.05, 3.63) is 28.2 Å². The number of rotatable bonds is 4. The first kappa shape index (κ1) is 11.2. The zero-order valence-electron chi connectivity index (χ0n) is 8.76. The molecule has 0 amide bonds. The molecule has 1 N–H and O–H groups in total. The molecule has 0 aliphatic rings. The molecule has 0 unspecified atom stereocenters. The summed E-state index contributed by atoms with van der Waals surface area (Å²) in [6.07, 6.45) is 5.01. The average molecular weight is 330 g/mol. The first-order chi connectivity index (χ1) is 7.81. The Hall–Kier alpha value is -1.25. The van der Waals surface area contributed by atoms with Crippen LogP contribution in [0.2, 0.25) is 0 Å². The Balaban J connectivity index is 2.05. The van der Waals surface area contributed by atoms with Crippen LogP contribution in [0.15, 0.2) is 18.9 Å². The summed E-state index contributed by atoms with van der Waals surface area (Å²) in [6, 6.07) is 0. The standard InChI is InChI=1S/C9H11IN6/c1-2-16-6-14-15-8(16)4-12-9-7(10)3-11-5-13-9/h3,5-6H,2,4H2,1H3,(H,11,12,13). The summed E-state index contributed by atoms with van der Waals surface area (Å²) in [5, 5.41) is 11.1. The van der Waals surface area contributed by atoms with Crippen molar-refractivity contribution in [1.29, 1.82) is 0 Å². The van der Waals surface area contributed by atoms with Crippen molar-refractivity contribution < 1.29 is 0 Å². The molecule has 7 heteroatoms. The molecule has 0 atom stereocenters. The molecule has 84 valence electrons. The molecular weight excluding hydrogens is 319 g/mol. The predicted molar refractivity (Wildman–Crippen MR) is 67.8 cm³/mol. The third-order valence-corrected chi connectivity index (χ3v) is 2.91. The molecule has 0 aliphatic heterocycles. The van der Waals surface area contributed by atoms with E-state index in [0.29, 0.717) is 6.54 Å². The largest absolute Gasteiger partial charge is 0.362 e. The minimum atomic E-state index is 0.612. The summed E-state index contributed by atoms with van der Waals surface area (Å²) in [5.74, 6) is 1.72. The minimum Gasteiger partial charge on any atom is -0.362 e. The Labute approximate surface area is 107 Å². The predicted octanol–water partition coefficient (Wildman–Crippen LogP) is 1.30. The zero-order chi connectivity index (χ0) is 11.4. The van der Waals surface area contributed by atoms with E-state index in [1.165, 1.54) is 6.33 Å². The Morgan fingerprint density at radius 2 is 2.38 bits per heavy atom. The molecule has 0 aromatic carbocycles. The third kappa shape index (κ3) is 2.46. The van der Waals surface area contributed by atoms with Gasteiger partial charge in [-0.25, -0.2) is 9.97 Å². The molecule has 0 bridgehead atoms. The van der Waals surface area contributed by atoms with Crippen LogP contribution in [-0.2, 0) is 13.1 Å². The summed E-state index contributed by atoms with van der Waals surface area (Å²) in [4.78, 5) is 8.08. The Morgan fingerprint density at radius 3 is 3.12 bits per heavy atom. The molecule has 16 heavy (non-hydrogen) atoms. The van der Waals surface area contributed by atoms with E-state index < -0.39 is 0 Å². The van der Waals surface area contributed by atoms with Gasteiger partial charge in [-0.2, -0.15) is 0 Å². The lowest BCUT2D eigenvalue weighted by molar-refractivity contribution is 0.707. The van der Waals surface area contributed by atoms with Crippen LogP contribution < -0.4 is 5.32 Å². The summed E-state index contributed by atoms with van der Waals surface area (Å²) in [5.41, 5.74) is 0. The van der Waals surface area contributed by atoms with Crippen LogP contribution in [-0.4, -0.2) is 24.7 Å². The molecule has 2 aromatic rings. The van der Waals surface area contributed by atoms with Gasteiger partial charge in [-0.3, -0.25) is 0 Å². The molecule has 0 saturated heterocycles. The van der Waals surface area contributed by atoms with E-state index in [0.717, 1.165) is 21.8 Å². The van der Waals surface area contributed by atoms with Crippen molar-refractivity contribution in [2.75, 3.05) is 5.32 Å². The van der Waals surface area contributed by atoms with E-state index >= 15 is 0 Å². The van der Waals surface area contributed by atoms with Crippen molar-refractivity contribution >= 4 is 28.4 Å². The van der Waals surface area contributed by atoms with Crippen molar-refractivity contribution in [2.24, 2.45) is 0 Å². The molecule has 2 rings (SSSR count). The number of hydrogen-bond donors (Lipinski definition) is 1. The lowest BCUT2D eigenvalue weighted by Crippen LogP contribution is -2.09. The SMILES string of the molecule is CCn1cnnc1CNc1ncncc1I. The van der Waals surface area contributed by atoms with Crippen LogP contribution in [0.1, 0.15) is 12.7 Å². The van der Waals surface area contributed by atoms with Crippen molar-refractivity contribution in [3.8, 4) is 0 Å². The summed E-state index contributed by atoms with van der Waals surface area (Å²) >= 11 is 2.19. The summed E-state index contributed by atoms with van der Waals surface area (Å²) in [7, 11) is 0. The number of aryl methyl sites for hydroxylation is 1. The Morgan fingerprint density at radius 1 is 1.50 bits per heavy atom. The first-order valence-electron chi connectivity index (χ1n) is 4.87. The van der Waals surface area contributed by atoms with Crippen LogP contribution in [0.25, 0.3) is 0 Å². The summed E-state index contributed by atoms with van der Waals surface area (Å²) in [6.45, 7) is 3.53. The number of anilines is 1. The zero-order valence-corrected chi connectivity index (χ0v) is 10.9. The van der Waals surface area contributed by atoms with Gasteiger partial charge >= 0.3 is 0 Å². The van der Waals surface area contributed by atoms with Gasteiger partial charge in [-0.15, -0.1) is 10.2 Å². The average Bonchev–Trinajstić information content (AvgIpc) is 2.75. The van der Waals surface area contributed by atoms with Gasteiger partial charge in [0.05, 0.1) is 10.1 Å². The number of aromatic nitrogens is 5. The molecular formula is C9H11IN6. The molecule has 0 radical (unpaired) electrons. The van der Waals surface area contributed by atoms with E-state index in [1.54, 1.807) is 12.5 Å². The van der Waals surface area contributed by atoms with Gasteiger partial charge in [0.25, 0.3) is 0 Å². The second-order valence-corrected chi connectivity index (χ2v) is 4.27. The Kier molecular flexibility index (Phi) is 3.65. The van der Waals surface area contributed by atoms with Crippen LogP contribution in [0.5, 0.6) is 0 Å². The van der Waals surface area contributed by atoms with Gasteiger partial charge in [0, 0.05) is 12.7 Å². The van der Waals surface area contributed by atoms with Gasteiger partial charge in [0.1, 0.15) is 18.5 Å². The van der Waals surface area contributed by atoms with Crippen LogP contribution in [0.4, 0.5) is 5.82 Å². The maximum atomic E-state index is 4.15. The fraction of sp³-hybridized carbons (Fsp3) is 0.333. The first-order valence-corrected chi connectivity index (χ1v) is 5.95. The van der Waals surface area contributed by atoms with Gasteiger partial charge in [0.15, 0.2) is 5.82 Å². The number of halogens is 1. The van der Waals surface area contributed by atoms with Crippen molar-refractivity contribution in [2.45, 2.75) is 20.0 Å². The van der Waals surface area contributed by atoms with Crippen LogP contribution in [0, 0.1) is 3.57 Å². The highest BCUT2D eigenvalue weighted by atomic mass is 127. The van der Waals surface area contributed by atoms with E-state index in [1.807, 2.05) is 4.57 Å². The maximum Gasteiger partial charge on any atom is 0.152 e. The quantitative estimate of drug-likeness (QED) is 0.856. The van der Waals surface area contributed by atoms with E-state index in [9.17, 15) is 0 Å². The molecule has 0 spiro atoms. The second-order valence-electron chi connectivity index (χ2n) is 3.11. The third-order valence-electron chi connectivity index (χ3n) is 2.12. The van der Waals surface area contributed by atoms with E-state index in [2.05, 4.69) is 55.0 Å². The normalized spacial score (nSPS) is 10.4. The fourth-order valence-electron chi connectivity index (χ4n) is 1.29. The molecule has 0 fully saturated rings. The minimum absolute atomic E-state index is 0.612. The van der Waals surface area contributed by atoms with Crippen LogP contribution >= 0.6 is 22.6 Å². The fourth-order valence-corrected chi connectivity index (χ4v) is 1.78. The second kappa shape index (κ2) is 5.19. The Bertz CT molecular complexity index is 469. The molecule has 2 heterocycles.